The van der Waals surface area contributed by atoms with Gasteiger partial charge in [-0.1, -0.05) is 6.07 Å². The SMILES string of the molecule is Cc1ccc(N2CCC2C)cc1C(=O)O. The summed E-state index contributed by atoms with van der Waals surface area (Å²) in [4.78, 5) is 13.2. The summed E-state index contributed by atoms with van der Waals surface area (Å²) in [5.41, 5.74) is 2.25. The van der Waals surface area contributed by atoms with Crippen LogP contribution in [-0.4, -0.2) is 23.7 Å². The van der Waals surface area contributed by atoms with Crippen LogP contribution in [0.25, 0.3) is 0 Å². The van der Waals surface area contributed by atoms with Gasteiger partial charge in [0.1, 0.15) is 0 Å². The van der Waals surface area contributed by atoms with Crippen molar-refractivity contribution in [2.45, 2.75) is 26.3 Å². The Hall–Kier alpha value is -1.51. The van der Waals surface area contributed by atoms with Gasteiger partial charge in [0.15, 0.2) is 0 Å². The van der Waals surface area contributed by atoms with E-state index in [0.29, 0.717) is 11.6 Å². The van der Waals surface area contributed by atoms with Crippen LogP contribution in [-0.2, 0) is 0 Å². The first-order valence-corrected chi connectivity index (χ1v) is 5.20. The van der Waals surface area contributed by atoms with Gasteiger partial charge < -0.3 is 10.0 Å². The van der Waals surface area contributed by atoms with Crippen molar-refractivity contribution in [1.29, 1.82) is 0 Å². The summed E-state index contributed by atoms with van der Waals surface area (Å²) in [5.74, 6) is -0.845. The number of rotatable bonds is 2. The van der Waals surface area contributed by atoms with Gasteiger partial charge in [-0.2, -0.15) is 0 Å². The highest BCUT2D eigenvalue weighted by molar-refractivity contribution is 5.90. The van der Waals surface area contributed by atoms with Gasteiger partial charge in [0.05, 0.1) is 5.56 Å². The minimum atomic E-state index is -0.845. The second kappa shape index (κ2) is 3.57. The van der Waals surface area contributed by atoms with Gasteiger partial charge >= 0.3 is 5.97 Å². The Kier molecular flexibility index (Phi) is 2.39. The van der Waals surface area contributed by atoms with Crippen molar-refractivity contribution in [3.05, 3.63) is 29.3 Å². The molecule has 1 heterocycles. The predicted molar refractivity (Wildman–Crippen MR) is 59.6 cm³/mol. The van der Waals surface area contributed by atoms with Gasteiger partial charge in [0.25, 0.3) is 0 Å². The van der Waals surface area contributed by atoms with Crippen molar-refractivity contribution in [2.75, 3.05) is 11.4 Å². The Morgan fingerprint density at radius 3 is 2.73 bits per heavy atom. The monoisotopic (exact) mass is 205 g/mol. The molecule has 3 nitrogen and oxygen atoms in total. The van der Waals surface area contributed by atoms with E-state index in [-0.39, 0.29) is 0 Å². The molecule has 80 valence electrons. The Bertz CT molecular complexity index is 401. The second-order valence-corrected chi connectivity index (χ2v) is 4.14. The average Bonchev–Trinajstić information content (AvgIpc) is 2.18. The smallest absolute Gasteiger partial charge is 0.336 e. The van der Waals surface area contributed by atoms with Crippen molar-refractivity contribution in [2.24, 2.45) is 0 Å². The van der Waals surface area contributed by atoms with E-state index < -0.39 is 5.97 Å². The van der Waals surface area contributed by atoms with Crippen LogP contribution < -0.4 is 4.90 Å². The maximum absolute atomic E-state index is 11.0. The molecular formula is C12H15NO2. The van der Waals surface area contributed by atoms with Crippen molar-refractivity contribution in [3.8, 4) is 0 Å². The molecule has 1 aliphatic heterocycles. The highest BCUT2D eigenvalue weighted by atomic mass is 16.4. The maximum Gasteiger partial charge on any atom is 0.336 e. The molecule has 1 N–H and O–H groups in total. The first kappa shape index (κ1) is 10.0. The number of carboxylic acid groups (broad SMARTS) is 1. The lowest BCUT2D eigenvalue weighted by molar-refractivity contribution is 0.0696. The molecule has 1 atom stereocenters. The molecule has 2 rings (SSSR count). The number of carbonyl (C=O) groups is 1. The highest BCUT2D eigenvalue weighted by Crippen LogP contribution is 2.27. The Morgan fingerprint density at radius 1 is 1.53 bits per heavy atom. The van der Waals surface area contributed by atoms with E-state index in [1.165, 1.54) is 6.42 Å². The van der Waals surface area contributed by atoms with E-state index >= 15 is 0 Å². The van der Waals surface area contributed by atoms with E-state index in [1.807, 2.05) is 19.1 Å². The summed E-state index contributed by atoms with van der Waals surface area (Å²) in [6, 6.07) is 6.18. The Balaban J connectivity index is 2.34. The third-order valence-corrected chi connectivity index (χ3v) is 3.10. The summed E-state index contributed by atoms with van der Waals surface area (Å²) in [6.45, 7) is 5.01. The summed E-state index contributed by atoms with van der Waals surface area (Å²) in [7, 11) is 0. The number of aryl methyl sites for hydroxylation is 1. The molecule has 1 aromatic rings. The molecule has 0 radical (unpaired) electrons. The molecule has 0 aromatic heterocycles. The van der Waals surface area contributed by atoms with E-state index in [4.69, 9.17) is 5.11 Å². The number of carboxylic acids is 1. The summed E-state index contributed by atoms with van der Waals surface area (Å²) in [5, 5.41) is 9.01. The van der Waals surface area contributed by atoms with E-state index in [9.17, 15) is 4.79 Å². The molecule has 1 saturated heterocycles. The first-order valence-electron chi connectivity index (χ1n) is 5.20. The van der Waals surface area contributed by atoms with Crippen molar-refractivity contribution >= 4 is 11.7 Å². The Morgan fingerprint density at radius 2 is 2.27 bits per heavy atom. The molecule has 1 aliphatic rings. The number of hydrogen-bond donors (Lipinski definition) is 1. The number of benzene rings is 1. The molecular weight excluding hydrogens is 190 g/mol. The van der Waals surface area contributed by atoms with Gasteiger partial charge in [-0.25, -0.2) is 4.79 Å². The molecule has 0 bridgehead atoms. The van der Waals surface area contributed by atoms with Crippen molar-refractivity contribution < 1.29 is 9.90 Å². The molecule has 1 aromatic carbocycles. The Labute approximate surface area is 89.3 Å². The van der Waals surface area contributed by atoms with Gasteiger partial charge in [-0.15, -0.1) is 0 Å². The van der Waals surface area contributed by atoms with E-state index in [1.54, 1.807) is 6.07 Å². The van der Waals surface area contributed by atoms with Gasteiger partial charge in [0.2, 0.25) is 0 Å². The molecule has 0 aliphatic carbocycles. The second-order valence-electron chi connectivity index (χ2n) is 4.14. The molecule has 3 heteroatoms. The quantitative estimate of drug-likeness (QED) is 0.805. The fraction of sp³-hybridized carbons (Fsp3) is 0.417. The van der Waals surface area contributed by atoms with Crippen molar-refractivity contribution in [1.82, 2.24) is 0 Å². The van der Waals surface area contributed by atoms with E-state index in [2.05, 4.69) is 11.8 Å². The summed E-state index contributed by atoms with van der Waals surface area (Å²) >= 11 is 0. The minimum absolute atomic E-state index is 0.409. The van der Waals surface area contributed by atoms with Crippen molar-refractivity contribution in [3.63, 3.8) is 0 Å². The van der Waals surface area contributed by atoms with Gasteiger partial charge in [-0.05, 0) is 38.0 Å². The lowest BCUT2D eigenvalue weighted by Gasteiger charge is -2.41. The lowest BCUT2D eigenvalue weighted by atomic mass is 10.0. The van der Waals surface area contributed by atoms with Crippen LogP contribution in [0.1, 0.15) is 29.3 Å². The third kappa shape index (κ3) is 1.69. The predicted octanol–water partition coefficient (Wildman–Crippen LogP) is 2.29. The number of nitrogens with zero attached hydrogens (tertiary/aromatic N) is 1. The van der Waals surface area contributed by atoms with Crippen LogP contribution in [0.5, 0.6) is 0 Å². The van der Waals surface area contributed by atoms with Gasteiger partial charge in [0, 0.05) is 18.3 Å². The van der Waals surface area contributed by atoms with Crippen LogP contribution in [0.3, 0.4) is 0 Å². The zero-order valence-corrected chi connectivity index (χ0v) is 9.03. The zero-order chi connectivity index (χ0) is 11.0. The molecule has 1 unspecified atom stereocenters. The molecule has 0 saturated carbocycles. The molecule has 0 amide bonds. The van der Waals surface area contributed by atoms with Crippen LogP contribution >= 0.6 is 0 Å². The molecule has 15 heavy (non-hydrogen) atoms. The number of aromatic carboxylic acids is 1. The normalized spacial score (nSPS) is 19.9. The fourth-order valence-corrected chi connectivity index (χ4v) is 1.92. The maximum atomic E-state index is 11.0. The number of hydrogen-bond acceptors (Lipinski definition) is 2. The topological polar surface area (TPSA) is 40.5 Å². The van der Waals surface area contributed by atoms with Crippen LogP contribution in [0, 0.1) is 6.92 Å². The molecule has 1 fully saturated rings. The number of anilines is 1. The fourth-order valence-electron chi connectivity index (χ4n) is 1.92. The average molecular weight is 205 g/mol. The van der Waals surface area contributed by atoms with Gasteiger partial charge in [-0.3, -0.25) is 0 Å². The summed E-state index contributed by atoms with van der Waals surface area (Å²) in [6.07, 6.45) is 1.19. The zero-order valence-electron chi connectivity index (χ0n) is 9.03. The third-order valence-electron chi connectivity index (χ3n) is 3.10. The largest absolute Gasteiger partial charge is 0.478 e. The summed E-state index contributed by atoms with van der Waals surface area (Å²) < 4.78 is 0. The first-order chi connectivity index (χ1) is 7.09. The van der Waals surface area contributed by atoms with Crippen LogP contribution in [0.15, 0.2) is 18.2 Å². The minimum Gasteiger partial charge on any atom is -0.478 e. The van der Waals surface area contributed by atoms with Crippen LogP contribution in [0.4, 0.5) is 5.69 Å². The lowest BCUT2D eigenvalue weighted by Crippen LogP contribution is -2.45. The van der Waals surface area contributed by atoms with E-state index in [0.717, 1.165) is 17.8 Å². The highest BCUT2D eigenvalue weighted by Gasteiger charge is 2.24. The standard InChI is InChI=1S/C12H15NO2/c1-8-3-4-10(7-11(8)12(14)15)13-6-5-9(13)2/h3-4,7,9H,5-6H2,1-2H3,(H,14,15). The van der Waals surface area contributed by atoms with Crippen LogP contribution in [0.2, 0.25) is 0 Å². The molecule has 0 spiro atoms.